The van der Waals surface area contributed by atoms with Gasteiger partial charge in [0.1, 0.15) is 0 Å². The van der Waals surface area contributed by atoms with Crippen LogP contribution >= 0.6 is 22.9 Å². The summed E-state index contributed by atoms with van der Waals surface area (Å²) in [6.07, 6.45) is 0. The summed E-state index contributed by atoms with van der Waals surface area (Å²) in [6, 6.07) is 24.8. The third-order valence-electron chi connectivity index (χ3n) is 8.80. The zero-order chi connectivity index (χ0) is 30.6. The van der Waals surface area contributed by atoms with Crippen LogP contribution in [0.5, 0.6) is 0 Å². The second kappa shape index (κ2) is 10.5. The van der Waals surface area contributed by atoms with E-state index in [9.17, 15) is 0 Å². The van der Waals surface area contributed by atoms with Crippen molar-refractivity contribution < 1.29 is 17.1 Å². The van der Waals surface area contributed by atoms with Gasteiger partial charge in [-0.25, -0.2) is 22.7 Å². The molecule has 0 saturated heterocycles. The SMILES string of the molecule is Cc1cccc2c1-c1nc-2nc2c3cccc(C)c3c(nc3nc(nc4[n-]c(n1)c1c(C)cccc41)-c1cccc(C)c1-3)n2I.[Cu]. The number of nitrogens with zero attached hydrogens (tertiary/aromatic N) is 8. The summed E-state index contributed by atoms with van der Waals surface area (Å²) < 4.78 is 2.02. The molecule has 2 aliphatic heterocycles. The Morgan fingerprint density at radius 1 is 0.500 bits per heavy atom. The van der Waals surface area contributed by atoms with E-state index in [0.717, 1.165) is 77.3 Å². The molecule has 0 unspecified atom stereocenters. The smallest absolute Gasteiger partial charge is 0.163 e. The Morgan fingerprint density at radius 2 is 1.00 bits per heavy atom. The fourth-order valence-electron chi connectivity index (χ4n) is 6.66. The monoisotopic (exact) mass is 758 g/mol. The van der Waals surface area contributed by atoms with E-state index in [4.69, 9.17) is 34.9 Å². The van der Waals surface area contributed by atoms with Crippen molar-refractivity contribution in [2.75, 3.05) is 0 Å². The van der Waals surface area contributed by atoms with Gasteiger partial charge < -0.3 is 15.0 Å². The second-order valence-electron chi connectivity index (χ2n) is 11.6. The summed E-state index contributed by atoms with van der Waals surface area (Å²) in [6.45, 7) is 8.35. The zero-order valence-electron chi connectivity index (χ0n) is 25.2. The molecule has 3 aromatic heterocycles. The van der Waals surface area contributed by atoms with Crippen molar-refractivity contribution in [3.8, 4) is 45.6 Å². The Kier molecular flexibility index (Phi) is 6.61. The first-order valence-corrected chi connectivity index (χ1v) is 15.7. The quantitative estimate of drug-likeness (QED) is 0.113. The van der Waals surface area contributed by atoms with Crippen molar-refractivity contribution in [3.63, 3.8) is 0 Å². The molecule has 0 aliphatic carbocycles. The van der Waals surface area contributed by atoms with E-state index in [0.29, 0.717) is 34.6 Å². The van der Waals surface area contributed by atoms with Crippen molar-refractivity contribution in [2.45, 2.75) is 27.7 Å². The van der Waals surface area contributed by atoms with Crippen LogP contribution in [0.1, 0.15) is 22.3 Å². The summed E-state index contributed by atoms with van der Waals surface area (Å²) >= 11 is 2.30. The molecule has 227 valence electrons. The molecule has 0 amide bonds. The Balaban J connectivity index is 0.00000312. The fourth-order valence-corrected chi connectivity index (χ4v) is 7.38. The summed E-state index contributed by atoms with van der Waals surface area (Å²) in [5.41, 5.74) is 10.8. The first-order valence-electron chi connectivity index (χ1n) is 14.7. The maximum Gasteiger partial charge on any atom is 0.163 e. The molecule has 1 radical (unpaired) electrons. The minimum Gasteiger partial charge on any atom is -0.357 e. The molecule has 0 N–H and O–H groups in total. The third-order valence-corrected chi connectivity index (χ3v) is 9.72. The number of hydrogen-bond acceptors (Lipinski definition) is 6. The average Bonchev–Trinajstić information content (AvgIpc) is 3.73. The second-order valence-corrected chi connectivity index (χ2v) is 12.6. The van der Waals surface area contributed by atoms with Crippen LogP contribution in [-0.4, -0.2) is 32.7 Å². The van der Waals surface area contributed by atoms with Crippen molar-refractivity contribution >= 4 is 67.0 Å². The Bertz CT molecular complexity index is 2620. The van der Waals surface area contributed by atoms with E-state index in [1.54, 1.807) is 0 Å². The molecule has 9 rings (SSSR count). The van der Waals surface area contributed by atoms with Crippen LogP contribution in [0.15, 0.2) is 72.8 Å². The predicted octanol–water partition coefficient (Wildman–Crippen LogP) is 8.40. The molecule has 8 bridgehead atoms. The molecule has 46 heavy (non-hydrogen) atoms. The van der Waals surface area contributed by atoms with Crippen LogP contribution in [0.2, 0.25) is 0 Å². The number of halogens is 1. The number of fused-ring (bicyclic) bond motifs is 20. The van der Waals surface area contributed by atoms with Crippen molar-refractivity contribution in [1.82, 2.24) is 37.7 Å². The maximum absolute atomic E-state index is 5.27. The van der Waals surface area contributed by atoms with E-state index in [1.807, 2.05) is 27.0 Å². The van der Waals surface area contributed by atoms with Crippen LogP contribution in [-0.2, 0) is 17.1 Å². The number of aryl methyl sites for hydroxylation is 4. The first kappa shape index (κ1) is 28.9. The van der Waals surface area contributed by atoms with Gasteiger partial charge >= 0.3 is 0 Å². The molecule has 2 aliphatic rings. The van der Waals surface area contributed by atoms with Gasteiger partial charge in [0, 0.05) is 61.4 Å². The normalized spacial score (nSPS) is 11.8. The third kappa shape index (κ3) is 4.10. The summed E-state index contributed by atoms with van der Waals surface area (Å²) in [4.78, 5) is 35.9. The summed E-state index contributed by atoms with van der Waals surface area (Å²) in [7, 11) is 0. The molecule has 7 aromatic rings. The van der Waals surface area contributed by atoms with Gasteiger partial charge in [-0.05, 0) is 60.7 Å². The van der Waals surface area contributed by atoms with Gasteiger partial charge in [-0.3, -0.25) is 0 Å². The van der Waals surface area contributed by atoms with Crippen LogP contribution in [0.3, 0.4) is 0 Å². The Hall–Kier alpha value is -4.51. The Morgan fingerprint density at radius 3 is 1.67 bits per heavy atom. The molecular formula is C36H24CuIN8-. The molecule has 0 spiro atoms. The summed E-state index contributed by atoms with van der Waals surface area (Å²) in [5, 5.41) is 3.90. The summed E-state index contributed by atoms with van der Waals surface area (Å²) in [5.74, 6) is 2.40. The molecule has 0 atom stereocenters. The van der Waals surface area contributed by atoms with Gasteiger partial charge in [0.15, 0.2) is 22.9 Å². The largest absolute Gasteiger partial charge is 0.357 e. The number of rotatable bonds is 0. The van der Waals surface area contributed by atoms with E-state index >= 15 is 0 Å². The van der Waals surface area contributed by atoms with Gasteiger partial charge in [-0.1, -0.05) is 72.8 Å². The van der Waals surface area contributed by atoms with Gasteiger partial charge in [0.2, 0.25) is 0 Å². The molecule has 8 nitrogen and oxygen atoms in total. The Labute approximate surface area is 288 Å². The first-order chi connectivity index (χ1) is 21.9. The average molecular weight is 759 g/mol. The van der Waals surface area contributed by atoms with Crippen LogP contribution in [0, 0.1) is 27.7 Å². The molecule has 5 heterocycles. The molecular weight excluding hydrogens is 735 g/mol. The van der Waals surface area contributed by atoms with Gasteiger partial charge in [-0.2, -0.15) is 0 Å². The van der Waals surface area contributed by atoms with E-state index in [-0.39, 0.29) is 17.1 Å². The predicted molar refractivity (Wildman–Crippen MR) is 187 cm³/mol. The molecule has 10 heteroatoms. The fraction of sp³-hybridized carbons (Fsp3) is 0.111. The topological polar surface area (TPSA) is 96.4 Å². The van der Waals surface area contributed by atoms with Crippen molar-refractivity contribution in [1.29, 1.82) is 0 Å². The maximum atomic E-state index is 5.27. The van der Waals surface area contributed by atoms with Crippen LogP contribution in [0.25, 0.3) is 89.7 Å². The molecule has 0 saturated carbocycles. The van der Waals surface area contributed by atoms with Crippen molar-refractivity contribution in [2.24, 2.45) is 0 Å². The van der Waals surface area contributed by atoms with Gasteiger partial charge in [0.25, 0.3) is 0 Å². The van der Waals surface area contributed by atoms with Gasteiger partial charge in [0.05, 0.1) is 34.5 Å². The minimum atomic E-state index is 0. The van der Waals surface area contributed by atoms with E-state index in [2.05, 4.69) is 99.1 Å². The van der Waals surface area contributed by atoms with Crippen LogP contribution < -0.4 is 4.98 Å². The molecule has 0 fully saturated rings. The van der Waals surface area contributed by atoms with E-state index < -0.39 is 0 Å². The number of hydrogen-bond donors (Lipinski definition) is 0. The number of aromatic nitrogens is 8. The standard InChI is InChI=1S/C36H24IN8.Cu/c1-17-9-5-13-21-25(17)32-39-29(21)38-30-22-14-6-11-19(3)27(22)34(40-30)44-36-28-20(4)12-8-16-24(28)35(45(36)37)43-31-23-15-7-10-18(2)26(23)33(41-31)42-32;/h5-16H,1-4H3;/q-1;. The van der Waals surface area contributed by atoms with Crippen molar-refractivity contribution in [3.05, 3.63) is 95.1 Å². The van der Waals surface area contributed by atoms with E-state index in [1.165, 1.54) is 0 Å². The molecule has 4 aromatic carbocycles. The van der Waals surface area contributed by atoms with Gasteiger partial charge in [-0.15, -0.1) is 0 Å². The zero-order valence-corrected chi connectivity index (χ0v) is 28.3. The number of benzene rings is 4. The van der Waals surface area contributed by atoms with Crippen LogP contribution in [0.4, 0.5) is 0 Å². The minimum absolute atomic E-state index is 0.